The van der Waals surface area contributed by atoms with Crippen molar-refractivity contribution in [3.05, 3.63) is 48.6 Å². The highest BCUT2D eigenvalue weighted by atomic mass is 32.1. The van der Waals surface area contributed by atoms with E-state index in [1.165, 1.54) is 12.0 Å². The normalized spacial score (nSPS) is 27.1. The maximum Gasteiger partial charge on any atom is 0.185 e. The van der Waals surface area contributed by atoms with Crippen LogP contribution in [0.4, 0.5) is 0 Å². The Balaban J connectivity index is 2.09. The summed E-state index contributed by atoms with van der Waals surface area (Å²) in [6, 6.07) is 10.6. The fourth-order valence-corrected chi connectivity index (χ4v) is 3.44. The number of hydrazine groups is 1. The number of hydrogen-bond acceptors (Lipinski definition) is 2. The predicted molar refractivity (Wildman–Crippen MR) is 76.7 cm³/mol. The molecule has 0 spiro atoms. The van der Waals surface area contributed by atoms with E-state index in [4.69, 9.17) is 12.2 Å². The molecule has 1 unspecified atom stereocenters. The maximum absolute atomic E-state index is 5.46. The molecule has 1 aromatic rings. The van der Waals surface area contributed by atoms with Crippen LogP contribution in [0.1, 0.15) is 18.4 Å². The summed E-state index contributed by atoms with van der Waals surface area (Å²) in [5, 5.41) is 3.08. The van der Waals surface area contributed by atoms with Gasteiger partial charge in [0.25, 0.3) is 0 Å². The van der Waals surface area contributed by atoms with Gasteiger partial charge in [0.2, 0.25) is 0 Å². The van der Waals surface area contributed by atoms with E-state index in [-0.39, 0.29) is 5.66 Å². The first-order chi connectivity index (χ1) is 8.79. The molecule has 3 nitrogen and oxygen atoms in total. The van der Waals surface area contributed by atoms with E-state index >= 15 is 0 Å². The van der Waals surface area contributed by atoms with E-state index in [1.54, 1.807) is 0 Å². The van der Waals surface area contributed by atoms with Crippen LogP contribution in [-0.2, 0) is 5.66 Å². The molecule has 0 radical (unpaired) electrons. The van der Waals surface area contributed by atoms with E-state index in [0.29, 0.717) is 0 Å². The Kier molecular flexibility index (Phi) is 2.84. The quantitative estimate of drug-likeness (QED) is 0.662. The summed E-state index contributed by atoms with van der Waals surface area (Å²) in [5.74, 6) is 0. The van der Waals surface area contributed by atoms with Gasteiger partial charge in [0, 0.05) is 13.1 Å². The van der Waals surface area contributed by atoms with Crippen LogP contribution in [0.3, 0.4) is 0 Å². The molecule has 0 saturated carbocycles. The van der Waals surface area contributed by atoms with Crippen molar-refractivity contribution in [2.45, 2.75) is 18.5 Å². The lowest BCUT2D eigenvalue weighted by atomic mass is 9.96. The van der Waals surface area contributed by atoms with Gasteiger partial charge < -0.3 is 4.90 Å². The van der Waals surface area contributed by atoms with Crippen LogP contribution in [0.15, 0.2) is 43.0 Å². The molecule has 1 N–H and O–H groups in total. The van der Waals surface area contributed by atoms with Crippen molar-refractivity contribution < 1.29 is 0 Å². The van der Waals surface area contributed by atoms with Gasteiger partial charge in [-0.2, -0.15) is 5.01 Å². The van der Waals surface area contributed by atoms with Gasteiger partial charge in [0.05, 0.1) is 0 Å². The molecule has 2 aliphatic heterocycles. The standard InChI is InChI=1S/C14H17N3S/c1-2-10-16-13(18)15-17-11-6-9-14(16,17)12-7-4-3-5-8-12/h2-5,7-8H,1,6,9-11H2,(H,15,18). The van der Waals surface area contributed by atoms with Crippen LogP contribution in [0.25, 0.3) is 0 Å². The topological polar surface area (TPSA) is 18.5 Å². The van der Waals surface area contributed by atoms with Crippen LogP contribution >= 0.6 is 12.2 Å². The molecule has 2 aliphatic rings. The molecule has 2 saturated heterocycles. The highest BCUT2D eigenvalue weighted by molar-refractivity contribution is 7.80. The average Bonchev–Trinajstić information content (AvgIpc) is 2.91. The first-order valence-electron chi connectivity index (χ1n) is 6.31. The minimum absolute atomic E-state index is 0.119. The molecule has 4 heteroatoms. The summed E-state index contributed by atoms with van der Waals surface area (Å²) in [6.45, 7) is 5.66. The summed E-state index contributed by atoms with van der Waals surface area (Å²) in [7, 11) is 0. The van der Waals surface area contributed by atoms with Gasteiger partial charge in [-0.3, -0.25) is 5.43 Å². The van der Waals surface area contributed by atoms with Gasteiger partial charge >= 0.3 is 0 Å². The SMILES string of the molecule is C=CCN1C(=S)NN2CCCC21c1ccccc1. The molecule has 1 aromatic carbocycles. The fraction of sp³-hybridized carbons (Fsp3) is 0.357. The second-order valence-corrected chi connectivity index (χ2v) is 5.14. The van der Waals surface area contributed by atoms with Gasteiger partial charge in [0.1, 0.15) is 5.66 Å². The van der Waals surface area contributed by atoms with Crippen molar-refractivity contribution in [3.63, 3.8) is 0 Å². The third kappa shape index (κ3) is 1.49. The van der Waals surface area contributed by atoms with Crippen LogP contribution < -0.4 is 5.43 Å². The summed E-state index contributed by atoms with van der Waals surface area (Å²) < 4.78 is 0. The molecular formula is C14H17N3S. The second-order valence-electron chi connectivity index (χ2n) is 4.75. The van der Waals surface area contributed by atoms with Crippen LogP contribution in [0.2, 0.25) is 0 Å². The first kappa shape index (κ1) is 11.7. The minimum Gasteiger partial charge on any atom is -0.320 e. The van der Waals surface area contributed by atoms with Crippen molar-refractivity contribution in [2.24, 2.45) is 0 Å². The second kappa shape index (κ2) is 4.37. The Morgan fingerprint density at radius 3 is 2.89 bits per heavy atom. The summed E-state index contributed by atoms with van der Waals surface area (Å²) in [5.41, 5.74) is 4.52. The fourth-order valence-electron chi connectivity index (χ4n) is 3.10. The zero-order valence-corrected chi connectivity index (χ0v) is 11.1. The first-order valence-corrected chi connectivity index (χ1v) is 6.72. The van der Waals surface area contributed by atoms with E-state index in [2.05, 4.69) is 52.2 Å². The Morgan fingerprint density at radius 2 is 2.17 bits per heavy atom. The Bertz CT molecular complexity index is 473. The van der Waals surface area contributed by atoms with Gasteiger partial charge in [-0.25, -0.2) is 0 Å². The lowest BCUT2D eigenvalue weighted by Gasteiger charge is -2.38. The molecule has 0 aromatic heterocycles. The third-order valence-electron chi connectivity index (χ3n) is 3.82. The van der Waals surface area contributed by atoms with Crippen LogP contribution in [0, 0.1) is 0 Å². The maximum atomic E-state index is 5.46. The van der Waals surface area contributed by atoms with Crippen molar-refractivity contribution in [1.29, 1.82) is 0 Å². The summed E-state index contributed by atoms with van der Waals surface area (Å²) >= 11 is 5.46. The van der Waals surface area contributed by atoms with E-state index in [0.717, 1.165) is 24.6 Å². The molecule has 0 amide bonds. The molecule has 18 heavy (non-hydrogen) atoms. The molecule has 2 heterocycles. The highest BCUT2D eigenvalue weighted by Crippen LogP contribution is 2.43. The van der Waals surface area contributed by atoms with Gasteiger partial charge in [0.15, 0.2) is 5.11 Å². The number of benzene rings is 1. The Hall–Kier alpha value is -1.39. The van der Waals surface area contributed by atoms with Crippen molar-refractivity contribution in [1.82, 2.24) is 15.3 Å². The molecular weight excluding hydrogens is 242 g/mol. The Morgan fingerprint density at radius 1 is 1.39 bits per heavy atom. The zero-order chi connectivity index (χ0) is 12.6. The van der Waals surface area contributed by atoms with Gasteiger partial charge in [-0.1, -0.05) is 36.4 Å². The molecule has 1 atom stereocenters. The smallest absolute Gasteiger partial charge is 0.185 e. The molecule has 3 rings (SSSR count). The lowest BCUT2D eigenvalue weighted by molar-refractivity contribution is 0.0477. The third-order valence-corrected chi connectivity index (χ3v) is 4.14. The lowest BCUT2D eigenvalue weighted by Crippen LogP contribution is -2.48. The van der Waals surface area contributed by atoms with Crippen molar-refractivity contribution in [2.75, 3.05) is 13.1 Å². The van der Waals surface area contributed by atoms with E-state index in [1.807, 2.05) is 6.08 Å². The van der Waals surface area contributed by atoms with Gasteiger partial charge in [-0.05, 0) is 30.6 Å². The average molecular weight is 259 g/mol. The number of rotatable bonds is 3. The molecule has 94 valence electrons. The number of nitrogens with one attached hydrogen (secondary N) is 1. The van der Waals surface area contributed by atoms with Gasteiger partial charge in [-0.15, -0.1) is 6.58 Å². The molecule has 2 fully saturated rings. The van der Waals surface area contributed by atoms with E-state index < -0.39 is 0 Å². The number of thiocarbonyl (C=S) groups is 1. The van der Waals surface area contributed by atoms with Crippen LogP contribution in [-0.4, -0.2) is 28.1 Å². The van der Waals surface area contributed by atoms with Crippen molar-refractivity contribution >= 4 is 17.3 Å². The highest BCUT2D eigenvalue weighted by Gasteiger charge is 2.53. The van der Waals surface area contributed by atoms with Crippen LogP contribution in [0.5, 0.6) is 0 Å². The number of fused-ring (bicyclic) bond motifs is 1. The summed E-state index contributed by atoms with van der Waals surface area (Å²) in [4.78, 5) is 2.25. The molecule has 0 bridgehead atoms. The summed E-state index contributed by atoms with van der Waals surface area (Å²) in [6.07, 6.45) is 4.19. The number of hydrogen-bond donors (Lipinski definition) is 1. The Labute approximate surface area is 113 Å². The monoisotopic (exact) mass is 259 g/mol. The predicted octanol–water partition coefficient (Wildman–Crippen LogP) is 2.23. The number of nitrogens with zero attached hydrogens (tertiary/aromatic N) is 2. The van der Waals surface area contributed by atoms with E-state index in [9.17, 15) is 0 Å². The van der Waals surface area contributed by atoms with Crippen molar-refractivity contribution in [3.8, 4) is 0 Å². The minimum atomic E-state index is -0.119. The molecule has 0 aliphatic carbocycles. The largest absolute Gasteiger partial charge is 0.320 e. The zero-order valence-electron chi connectivity index (χ0n) is 10.3.